The molecule has 76 valence electrons. The molecule has 1 aromatic rings. The van der Waals surface area contributed by atoms with Gasteiger partial charge < -0.3 is 5.43 Å². The van der Waals surface area contributed by atoms with E-state index >= 15 is 0 Å². The summed E-state index contributed by atoms with van der Waals surface area (Å²) >= 11 is 0. The fraction of sp³-hybridized carbons (Fsp3) is 0.222. The minimum Gasteiger partial charge on any atom is -0.308 e. The zero-order valence-electron chi connectivity index (χ0n) is 8.01. The molecule has 0 aromatic carbocycles. The van der Waals surface area contributed by atoms with Crippen molar-refractivity contribution in [3.8, 4) is 11.8 Å². The molecule has 0 atom stereocenters. The summed E-state index contributed by atoms with van der Waals surface area (Å²) < 4.78 is 0. The second-order valence-corrected chi connectivity index (χ2v) is 2.56. The fourth-order valence-corrected chi connectivity index (χ4v) is 0.888. The number of nitrogen functional groups attached to an aromatic ring is 1. The summed E-state index contributed by atoms with van der Waals surface area (Å²) in [5, 5.41) is 3.36. The number of nitrogens with two attached hydrogens (primary N) is 1. The number of anilines is 1. The molecular formula is C9H10N6. The Balaban J connectivity index is 2.58. The predicted molar refractivity (Wildman–Crippen MR) is 57.6 cm³/mol. The van der Waals surface area contributed by atoms with Crippen LogP contribution in [0.4, 0.5) is 5.82 Å². The molecular weight excluding hydrogens is 192 g/mol. The van der Waals surface area contributed by atoms with Gasteiger partial charge in [0.1, 0.15) is 11.5 Å². The van der Waals surface area contributed by atoms with Crippen LogP contribution in [-0.4, -0.2) is 11.5 Å². The van der Waals surface area contributed by atoms with E-state index < -0.39 is 0 Å². The monoisotopic (exact) mass is 202 g/mol. The first kappa shape index (κ1) is 10.9. The van der Waals surface area contributed by atoms with E-state index in [1.165, 1.54) is 0 Å². The highest BCUT2D eigenvalue weighted by atomic mass is 15.2. The van der Waals surface area contributed by atoms with Gasteiger partial charge in [-0.3, -0.25) is 0 Å². The van der Waals surface area contributed by atoms with Crippen molar-refractivity contribution < 1.29 is 0 Å². The number of hydrogen-bond donors (Lipinski definition) is 2. The van der Waals surface area contributed by atoms with Crippen LogP contribution in [0.1, 0.15) is 12.1 Å². The minimum atomic E-state index is 0.373. The van der Waals surface area contributed by atoms with Crippen molar-refractivity contribution >= 4 is 5.82 Å². The molecule has 0 radical (unpaired) electrons. The third kappa shape index (κ3) is 4.00. The number of rotatable bonds is 3. The lowest BCUT2D eigenvalue weighted by Crippen LogP contribution is -2.08. The van der Waals surface area contributed by atoms with Gasteiger partial charge in [-0.2, -0.15) is 0 Å². The van der Waals surface area contributed by atoms with Crippen LogP contribution in [0.25, 0.3) is 10.4 Å². The Morgan fingerprint density at radius 3 is 3.20 bits per heavy atom. The summed E-state index contributed by atoms with van der Waals surface area (Å²) in [7, 11) is 0. The smallest absolute Gasteiger partial charge is 0.141 e. The molecule has 15 heavy (non-hydrogen) atoms. The lowest BCUT2D eigenvalue weighted by molar-refractivity contribution is 1.01. The van der Waals surface area contributed by atoms with Crippen molar-refractivity contribution in [2.45, 2.75) is 6.42 Å². The van der Waals surface area contributed by atoms with Crippen LogP contribution in [0.2, 0.25) is 0 Å². The molecule has 0 unspecified atom stereocenters. The number of nitrogens with zero attached hydrogens (tertiary/aromatic N) is 4. The SMILES string of the molecule is [N-]=[N+]=NCCC#Cc1cccc(NN)n1. The van der Waals surface area contributed by atoms with Crippen LogP contribution in [-0.2, 0) is 0 Å². The van der Waals surface area contributed by atoms with Crippen molar-refractivity contribution in [2.75, 3.05) is 12.0 Å². The molecule has 0 saturated carbocycles. The zero-order valence-corrected chi connectivity index (χ0v) is 8.01. The number of nitrogens with one attached hydrogen (secondary N) is 1. The lowest BCUT2D eigenvalue weighted by Gasteiger charge is -1.97. The number of hydrazine groups is 1. The Morgan fingerprint density at radius 1 is 1.60 bits per heavy atom. The van der Waals surface area contributed by atoms with Crippen molar-refractivity contribution in [1.82, 2.24) is 4.98 Å². The lowest BCUT2D eigenvalue weighted by atomic mass is 10.3. The van der Waals surface area contributed by atoms with Gasteiger partial charge in [0.25, 0.3) is 0 Å². The van der Waals surface area contributed by atoms with Crippen molar-refractivity contribution in [2.24, 2.45) is 11.0 Å². The number of hydrogen-bond acceptors (Lipinski definition) is 4. The van der Waals surface area contributed by atoms with Crippen LogP contribution in [0.5, 0.6) is 0 Å². The maximum atomic E-state index is 8.03. The third-order valence-electron chi connectivity index (χ3n) is 1.51. The van der Waals surface area contributed by atoms with Crippen LogP contribution < -0.4 is 11.3 Å². The van der Waals surface area contributed by atoms with Gasteiger partial charge in [-0.15, -0.1) is 0 Å². The first-order valence-electron chi connectivity index (χ1n) is 4.30. The highest BCUT2D eigenvalue weighted by Gasteiger charge is 1.90. The molecule has 6 heteroatoms. The second-order valence-electron chi connectivity index (χ2n) is 2.56. The maximum absolute atomic E-state index is 8.03. The summed E-state index contributed by atoms with van der Waals surface area (Å²) in [6.45, 7) is 0.373. The topological polar surface area (TPSA) is 99.7 Å². The summed E-state index contributed by atoms with van der Waals surface area (Å²) in [4.78, 5) is 6.72. The molecule has 1 heterocycles. The molecule has 0 aliphatic carbocycles. The van der Waals surface area contributed by atoms with E-state index in [1.807, 2.05) is 0 Å². The molecule has 1 aromatic heterocycles. The normalized spacial score (nSPS) is 8.33. The molecule has 0 bridgehead atoms. The van der Waals surface area contributed by atoms with Crippen LogP contribution >= 0.6 is 0 Å². The summed E-state index contributed by atoms with van der Waals surface area (Å²) in [6.07, 6.45) is 0.520. The maximum Gasteiger partial charge on any atom is 0.141 e. The molecule has 0 saturated heterocycles. The van der Waals surface area contributed by atoms with Gasteiger partial charge in [-0.25, -0.2) is 10.8 Å². The highest BCUT2D eigenvalue weighted by Crippen LogP contribution is 2.01. The molecule has 3 N–H and O–H groups in total. The Bertz CT molecular complexity index is 424. The predicted octanol–water partition coefficient (Wildman–Crippen LogP) is 1.42. The fourth-order valence-electron chi connectivity index (χ4n) is 0.888. The van der Waals surface area contributed by atoms with Crippen molar-refractivity contribution in [3.05, 3.63) is 34.3 Å². The van der Waals surface area contributed by atoms with Crippen molar-refractivity contribution in [3.63, 3.8) is 0 Å². The van der Waals surface area contributed by atoms with Crippen LogP contribution in [0, 0.1) is 11.8 Å². The van der Waals surface area contributed by atoms with E-state index in [0.717, 1.165) is 0 Å². The summed E-state index contributed by atoms with van der Waals surface area (Å²) in [5.74, 6) is 11.4. The van der Waals surface area contributed by atoms with Gasteiger partial charge in [0.05, 0.1) is 0 Å². The van der Waals surface area contributed by atoms with E-state index in [0.29, 0.717) is 24.5 Å². The van der Waals surface area contributed by atoms with Gasteiger partial charge in [0.15, 0.2) is 0 Å². The quantitative estimate of drug-likeness (QED) is 0.147. The molecule has 0 aliphatic rings. The van der Waals surface area contributed by atoms with E-state index in [-0.39, 0.29) is 0 Å². The third-order valence-corrected chi connectivity index (χ3v) is 1.51. The van der Waals surface area contributed by atoms with Gasteiger partial charge in [0, 0.05) is 17.9 Å². The molecule has 0 aliphatic heterocycles. The average Bonchev–Trinajstić information content (AvgIpc) is 2.29. The summed E-state index contributed by atoms with van der Waals surface area (Å²) in [6, 6.07) is 5.33. The average molecular weight is 202 g/mol. The molecule has 6 nitrogen and oxygen atoms in total. The second kappa shape index (κ2) is 6.27. The first-order valence-corrected chi connectivity index (χ1v) is 4.30. The minimum absolute atomic E-state index is 0.373. The Hall–Kier alpha value is -2.22. The molecule has 0 amide bonds. The number of azide groups is 1. The molecule has 0 fully saturated rings. The number of aromatic nitrogens is 1. The number of pyridine rings is 1. The van der Waals surface area contributed by atoms with Gasteiger partial charge >= 0.3 is 0 Å². The van der Waals surface area contributed by atoms with Gasteiger partial charge in [0.2, 0.25) is 0 Å². The molecule has 0 spiro atoms. The van der Waals surface area contributed by atoms with E-state index in [4.69, 9.17) is 11.4 Å². The van der Waals surface area contributed by atoms with Crippen LogP contribution in [0.3, 0.4) is 0 Å². The van der Waals surface area contributed by atoms with Gasteiger partial charge in [-0.1, -0.05) is 17.1 Å². The highest BCUT2D eigenvalue weighted by molar-refractivity contribution is 5.38. The van der Waals surface area contributed by atoms with Gasteiger partial charge in [-0.05, 0) is 23.6 Å². The zero-order chi connectivity index (χ0) is 10.9. The van der Waals surface area contributed by atoms with E-state index in [2.05, 4.69) is 32.3 Å². The standard InChI is InChI=1S/C9H10N6/c10-14-9-6-3-5-8(13-9)4-1-2-7-12-15-11/h3,5-6H,2,7,10H2,(H,13,14). The first-order chi connectivity index (χ1) is 7.36. The largest absolute Gasteiger partial charge is 0.308 e. The Labute approximate surface area is 87.1 Å². The Morgan fingerprint density at radius 2 is 2.47 bits per heavy atom. The molecule has 1 rings (SSSR count). The van der Waals surface area contributed by atoms with Crippen molar-refractivity contribution in [1.29, 1.82) is 0 Å². The summed E-state index contributed by atoms with van der Waals surface area (Å²) in [5.41, 5.74) is 11.1. The van der Waals surface area contributed by atoms with E-state index in [9.17, 15) is 0 Å². The van der Waals surface area contributed by atoms with E-state index in [1.54, 1.807) is 18.2 Å². The Kier molecular flexibility index (Phi) is 4.54. The van der Waals surface area contributed by atoms with Crippen LogP contribution in [0.15, 0.2) is 23.3 Å².